The molecule has 3 aromatic heterocycles. The number of hydrogen-bond donors (Lipinski definition) is 3. The quantitative estimate of drug-likeness (QED) is 0.323. The van der Waals surface area contributed by atoms with Gasteiger partial charge in [0.15, 0.2) is 5.01 Å². The number of amides is 1. The van der Waals surface area contributed by atoms with Crippen molar-refractivity contribution in [3.05, 3.63) is 35.7 Å². The Morgan fingerprint density at radius 3 is 2.68 bits per heavy atom. The lowest BCUT2D eigenvalue weighted by Crippen LogP contribution is -2.50. The van der Waals surface area contributed by atoms with Crippen LogP contribution in [0.4, 0.5) is 15.6 Å². The summed E-state index contributed by atoms with van der Waals surface area (Å²) in [6.45, 7) is 8.02. The molecule has 192 valence electrons. The fraction of sp³-hybridized carbons (Fsp3) is 0.360. The first-order chi connectivity index (χ1) is 17.7. The molecule has 1 saturated heterocycles. The van der Waals surface area contributed by atoms with E-state index in [2.05, 4.69) is 30.4 Å². The zero-order valence-electron chi connectivity index (χ0n) is 21.2. The van der Waals surface area contributed by atoms with Crippen LogP contribution in [0.5, 0.6) is 0 Å². The van der Waals surface area contributed by atoms with Crippen molar-refractivity contribution in [3.8, 4) is 28.0 Å². The van der Waals surface area contributed by atoms with Crippen LogP contribution in [0.3, 0.4) is 0 Å². The Hall–Kier alpha value is -4.24. The summed E-state index contributed by atoms with van der Waals surface area (Å²) in [5.74, 6) is 0. The molecule has 0 aliphatic carbocycles. The Kier molecular flexibility index (Phi) is 7.54. The first kappa shape index (κ1) is 25.8. The summed E-state index contributed by atoms with van der Waals surface area (Å²) >= 11 is 1.48. The summed E-state index contributed by atoms with van der Waals surface area (Å²) < 4.78 is 5.48. The fourth-order valence-electron chi connectivity index (χ4n) is 3.76. The molecule has 12 heteroatoms. The smallest absolute Gasteiger partial charge is 0.410 e. The highest BCUT2D eigenvalue weighted by Gasteiger charge is 2.27. The van der Waals surface area contributed by atoms with Crippen LogP contribution < -0.4 is 10.2 Å². The summed E-state index contributed by atoms with van der Waals surface area (Å²) in [5.41, 5.74) is 3.66. The van der Waals surface area contributed by atoms with E-state index in [-0.39, 0.29) is 11.7 Å². The third kappa shape index (κ3) is 6.13. The highest BCUT2D eigenvalue weighted by molar-refractivity contribution is 7.18. The number of carbonyl (C=O) groups is 1. The van der Waals surface area contributed by atoms with Crippen LogP contribution in [0.2, 0.25) is 0 Å². The van der Waals surface area contributed by atoms with E-state index < -0.39 is 5.60 Å². The highest BCUT2D eigenvalue weighted by Crippen LogP contribution is 2.35. The van der Waals surface area contributed by atoms with Gasteiger partial charge in [-0.1, -0.05) is 11.3 Å². The van der Waals surface area contributed by atoms with Gasteiger partial charge in [0.1, 0.15) is 11.7 Å². The Morgan fingerprint density at radius 2 is 2.03 bits per heavy atom. The van der Waals surface area contributed by atoms with Gasteiger partial charge in [0, 0.05) is 57.0 Å². The van der Waals surface area contributed by atoms with Gasteiger partial charge in [0.05, 0.1) is 22.5 Å². The normalized spacial score (nSPS) is 14.3. The molecule has 0 aromatic carbocycles. The van der Waals surface area contributed by atoms with E-state index >= 15 is 0 Å². The van der Waals surface area contributed by atoms with Crippen LogP contribution in [0.1, 0.15) is 26.5 Å². The topological polar surface area (TPSA) is 147 Å². The van der Waals surface area contributed by atoms with Crippen LogP contribution in [0, 0.1) is 16.7 Å². The number of ether oxygens (including phenoxy) is 1. The predicted molar refractivity (Wildman–Crippen MR) is 145 cm³/mol. The van der Waals surface area contributed by atoms with Gasteiger partial charge in [-0.25, -0.2) is 4.79 Å². The van der Waals surface area contributed by atoms with Gasteiger partial charge in [0.2, 0.25) is 5.13 Å². The number of carbonyl (C=O) groups excluding carboxylic acids is 1. The van der Waals surface area contributed by atoms with Crippen LogP contribution >= 0.6 is 11.3 Å². The van der Waals surface area contributed by atoms with Crippen molar-refractivity contribution < 1.29 is 9.53 Å². The minimum atomic E-state index is -0.515. The molecule has 3 N–H and O–H groups in total. The predicted octanol–water partition coefficient (Wildman–Crippen LogP) is 4.25. The molecule has 1 aliphatic rings. The van der Waals surface area contributed by atoms with E-state index in [9.17, 15) is 4.79 Å². The molecule has 1 fully saturated rings. The number of hydrogen-bond acceptors (Lipinski definition) is 10. The number of nitrogens with zero attached hydrogens (tertiary/aromatic N) is 6. The number of allylic oxidation sites excluding steroid dienone is 1. The molecule has 0 bridgehead atoms. The number of nitriles is 1. The summed E-state index contributed by atoms with van der Waals surface area (Å²) in [5, 5.41) is 29.9. The first-order valence-electron chi connectivity index (χ1n) is 11.8. The standard InChI is InChI=1S/C25H29N9O2S/c1-25(2,3)36-24(35)34-9-7-33(8-10-34)23-32-31-22(37-23)18-15-29-21(12-20(18)28-4)19-6-5-17(30-19)11-16(13-26)14-27/h5-6,11-13,15,26,30H,7-10H2,1-4H3,(H,28,29)/b16-11+,26-13?. The molecule has 11 nitrogen and oxygen atoms in total. The Balaban J connectivity index is 1.47. The van der Waals surface area contributed by atoms with Gasteiger partial charge in [-0.2, -0.15) is 5.26 Å². The molecule has 0 unspecified atom stereocenters. The average molecular weight is 520 g/mol. The number of pyridine rings is 1. The van der Waals surface area contributed by atoms with E-state index in [0.717, 1.165) is 39.0 Å². The van der Waals surface area contributed by atoms with Crippen molar-refractivity contribution in [3.63, 3.8) is 0 Å². The molecule has 4 rings (SSSR count). The maximum absolute atomic E-state index is 12.3. The van der Waals surface area contributed by atoms with Crippen LogP contribution in [-0.2, 0) is 4.74 Å². The number of rotatable bonds is 6. The zero-order chi connectivity index (χ0) is 26.6. The van der Waals surface area contributed by atoms with Gasteiger partial charge in [-0.3, -0.25) is 4.98 Å². The maximum Gasteiger partial charge on any atom is 0.410 e. The van der Waals surface area contributed by atoms with Gasteiger partial charge in [-0.05, 0) is 45.0 Å². The maximum atomic E-state index is 12.3. The van der Waals surface area contributed by atoms with Crippen LogP contribution in [-0.4, -0.2) is 76.2 Å². The van der Waals surface area contributed by atoms with Crippen molar-refractivity contribution >= 4 is 40.5 Å². The fourth-order valence-corrected chi connectivity index (χ4v) is 4.68. The lowest BCUT2D eigenvalue weighted by molar-refractivity contribution is 0.0240. The molecule has 0 atom stereocenters. The molecule has 4 heterocycles. The molecule has 37 heavy (non-hydrogen) atoms. The molecule has 0 spiro atoms. The Bertz CT molecular complexity index is 1350. The lowest BCUT2D eigenvalue weighted by Gasteiger charge is -2.35. The molecular weight excluding hydrogens is 490 g/mol. The number of piperazine rings is 1. The number of H-pyrrole nitrogens is 1. The number of aromatic nitrogens is 4. The zero-order valence-corrected chi connectivity index (χ0v) is 22.0. The second-order valence-electron chi connectivity index (χ2n) is 9.39. The number of anilines is 2. The van der Waals surface area contributed by atoms with E-state index in [4.69, 9.17) is 15.4 Å². The summed E-state index contributed by atoms with van der Waals surface area (Å²) in [7, 11) is 1.84. The second-order valence-corrected chi connectivity index (χ2v) is 10.3. The molecule has 0 saturated carbocycles. The van der Waals surface area contributed by atoms with Crippen molar-refractivity contribution in [2.45, 2.75) is 26.4 Å². The molecule has 1 aliphatic heterocycles. The Labute approximate surface area is 219 Å². The van der Waals surface area contributed by atoms with E-state index in [1.807, 2.05) is 52.1 Å². The lowest BCUT2D eigenvalue weighted by atomic mass is 10.2. The van der Waals surface area contributed by atoms with Crippen LogP contribution in [0.25, 0.3) is 28.0 Å². The largest absolute Gasteiger partial charge is 0.444 e. The number of aromatic amines is 1. The monoisotopic (exact) mass is 519 g/mol. The minimum absolute atomic E-state index is 0.256. The van der Waals surface area contributed by atoms with Crippen molar-refractivity contribution in [2.75, 3.05) is 43.4 Å². The second kappa shape index (κ2) is 10.8. The summed E-state index contributed by atoms with van der Waals surface area (Å²) in [4.78, 5) is 24.0. The van der Waals surface area contributed by atoms with E-state index in [0.29, 0.717) is 31.9 Å². The van der Waals surface area contributed by atoms with Crippen LogP contribution in [0.15, 0.2) is 30.0 Å². The molecule has 3 aromatic rings. The van der Waals surface area contributed by atoms with E-state index in [1.165, 1.54) is 11.3 Å². The third-order valence-electron chi connectivity index (χ3n) is 5.60. The molecular formula is C25H29N9O2S. The van der Waals surface area contributed by atoms with Gasteiger partial charge < -0.3 is 30.2 Å². The third-order valence-corrected chi connectivity index (χ3v) is 6.62. The van der Waals surface area contributed by atoms with Crippen molar-refractivity contribution in [2.24, 2.45) is 0 Å². The summed E-state index contributed by atoms with van der Waals surface area (Å²) in [6.07, 6.45) is 4.10. The van der Waals surface area contributed by atoms with Gasteiger partial charge in [-0.15, -0.1) is 10.2 Å². The summed E-state index contributed by atoms with van der Waals surface area (Å²) in [6, 6.07) is 7.61. The molecule has 0 radical (unpaired) electrons. The van der Waals surface area contributed by atoms with Gasteiger partial charge in [0.25, 0.3) is 0 Å². The van der Waals surface area contributed by atoms with Crippen molar-refractivity contribution in [1.29, 1.82) is 10.7 Å². The van der Waals surface area contributed by atoms with Crippen molar-refractivity contribution in [1.82, 2.24) is 25.1 Å². The Morgan fingerprint density at radius 1 is 1.27 bits per heavy atom. The highest BCUT2D eigenvalue weighted by atomic mass is 32.1. The first-order valence-corrected chi connectivity index (χ1v) is 12.6. The van der Waals surface area contributed by atoms with Gasteiger partial charge >= 0.3 is 6.09 Å². The average Bonchev–Trinajstić information content (AvgIpc) is 3.56. The van der Waals surface area contributed by atoms with E-state index in [1.54, 1.807) is 17.2 Å². The molecule has 1 amide bonds. The SMILES string of the molecule is CNc1cc(-c2ccc(/C=C(/C#N)C=N)[nH]2)ncc1-c1nnc(N2CCN(C(=O)OC(C)(C)C)CC2)s1. The number of nitrogens with one attached hydrogen (secondary N) is 3. The minimum Gasteiger partial charge on any atom is -0.444 e.